The van der Waals surface area contributed by atoms with E-state index in [1.54, 1.807) is 31.4 Å². The second-order valence-corrected chi connectivity index (χ2v) is 7.24. The first-order chi connectivity index (χ1) is 9.50. The summed E-state index contributed by atoms with van der Waals surface area (Å²) in [5.74, 6) is 0.993. The number of methoxy groups -OCH3 is 1. The minimum Gasteiger partial charge on any atom is -0.497 e. The SMILES string of the molecule is COc1cccc(C(=O)CN2CCCS(=O)(=O)CC2)c1. The molecule has 0 N–H and O–H groups in total. The molecule has 0 saturated carbocycles. The van der Waals surface area contributed by atoms with Crippen molar-refractivity contribution in [2.24, 2.45) is 0 Å². The van der Waals surface area contributed by atoms with Gasteiger partial charge in [0.15, 0.2) is 15.6 Å². The van der Waals surface area contributed by atoms with Crippen LogP contribution >= 0.6 is 0 Å². The van der Waals surface area contributed by atoms with Gasteiger partial charge in [0.1, 0.15) is 5.75 Å². The van der Waals surface area contributed by atoms with Crippen molar-refractivity contribution in [2.75, 3.05) is 38.2 Å². The maximum absolute atomic E-state index is 12.2. The van der Waals surface area contributed by atoms with E-state index in [0.717, 1.165) is 0 Å². The van der Waals surface area contributed by atoms with Gasteiger partial charge in [0.05, 0.1) is 25.2 Å². The molecule has 1 aromatic rings. The summed E-state index contributed by atoms with van der Waals surface area (Å²) in [7, 11) is -1.38. The van der Waals surface area contributed by atoms with Crippen LogP contribution in [0.15, 0.2) is 24.3 Å². The van der Waals surface area contributed by atoms with E-state index in [2.05, 4.69) is 0 Å². The molecule has 1 fully saturated rings. The van der Waals surface area contributed by atoms with Crippen LogP contribution in [0.3, 0.4) is 0 Å². The molecule has 5 nitrogen and oxygen atoms in total. The first kappa shape index (κ1) is 15.0. The Morgan fingerprint density at radius 3 is 2.85 bits per heavy atom. The topological polar surface area (TPSA) is 63.7 Å². The average molecular weight is 297 g/mol. The lowest BCUT2D eigenvalue weighted by molar-refractivity contribution is 0.0935. The fraction of sp³-hybridized carbons (Fsp3) is 0.500. The number of carbonyl (C=O) groups is 1. The van der Waals surface area contributed by atoms with Gasteiger partial charge in [0.2, 0.25) is 0 Å². The third-order valence-electron chi connectivity index (χ3n) is 3.41. The molecule has 6 heteroatoms. The lowest BCUT2D eigenvalue weighted by Crippen LogP contribution is -2.32. The highest BCUT2D eigenvalue weighted by atomic mass is 32.2. The van der Waals surface area contributed by atoms with Gasteiger partial charge in [-0.05, 0) is 25.1 Å². The molecule has 20 heavy (non-hydrogen) atoms. The number of hydrogen-bond donors (Lipinski definition) is 0. The van der Waals surface area contributed by atoms with Crippen LogP contribution < -0.4 is 4.74 Å². The van der Waals surface area contributed by atoms with Crippen molar-refractivity contribution in [3.05, 3.63) is 29.8 Å². The zero-order chi connectivity index (χ0) is 14.6. The Labute approximate surface area is 119 Å². The van der Waals surface area contributed by atoms with Crippen LogP contribution in [0.5, 0.6) is 5.75 Å². The number of carbonyl (C=O) groups excluding carboxylic acids is 1. The molecule has 0 bridgehead atoms. The van der Waals surface area contributed by atoms with Crippen molar-refractivity contribution in [1.29, 1.82) is 0 Å². The Hall–Kier alpha value is -1.40. The van der Waals surface area contributed by atoms with Crippen LogP contribution in [0, 0.1) is 0 Å². The van der Waals surface area contributed by atoms with Crippen molar-refractivity contribution >= 4 is 15.6 Å². The van der Waals surface area contributed by atoms with E-state index in [0.29, 0.717) is 30.8 Å². The summed E-state index contributed by atoms with van der Waals surface area (Å²) in [5, 5.41) is 0. The molecule has 1 aliphatic rings. The Bertz CT molecular complexity index is 583. The summed E-state index contributed by atoms with van der Waals surface area (Å²) < 4.78 is 28.2. The van der Waals surface area contributed by atoms with Crippen molar-refractivity contribution in [3.63, 3.8) is 0 Å². The Morgan fingerprint density at radius 1 is 1.30 bits per heavy atom. The molecular formula is C14H19NO4S. The first-order valence-electron chi connectivity index (χ1n) is 6.60. The fourth-order valence-electron chi connectivity index (χ4n) is 2.24. The molecule has 0 atom stereocenters. The van der Waals surface area contributed by atoms with E-state index in [1.807, 2.05) is 4.90 Å². The van der Waals surface area contributed by atoms with Crippen LogP contribution in [0.1, 0.15) is 16.8 Å². The normalized spacial score (nSPS) is 19.2. The summed E-state index contributed by atoms with van der Waals surface area (Å²) in [6.45, 7) is 1.33. The molecule has 1 saturated heterocycles. The van der Waals surface area contributed by atoms with Gasteiger partial charge in [-0.3, -0.25) is 9.69 Å². The molecule has 1 heterocycles. The van der Waals surface area contributed by atoms with Gasteiger partial charge in [-0.15, -0.1) is 0 Å². The highest BCUT2D eigenvalue weighted by molar-refractivity contribution is 7.91. The number of benzene rings is 1. The number of ketones is 1. The maximum atomic E-state index is 12.2. The zero-order valence-corrected chi connectivity index (χ0v) is 12.4. The van der Waals surface area contributed by atoms with Gasteiger partial charge >= 0.3 is 0 Å². The largest absolute Gasteiger partial charge is 0.497 e. The molecule has 0 spiro atoms. The minimum absolute atomic E-state index is 0.0109. The summed E-state index contributed by atoms with van der Waals surface area (Å²) in [5.41, 5.74) is 0.594. The Morgan fingerprint density at radius 2 is 2.10 bits per heavy atom. The van der Waals surface area contributed by atoms with Crippen LogP contribution in [-0.2, 0) is 9.84 Å². The van der Waals surface area contributed by atoms with E-state index < -0.39 is 9.84 Å². The van der Waals surface area contributed by atoms with E-state index in [4.69, 9.17) is 4.74 Å². The smallest absolute Gasteiger partial charge is 0.176 e. The Kier molecular flexibility index (Phi) is 4.77. The second-order valence-electron chi connectivity index (χ2n) is 4.94. The lowest BCUT2D eigenvalue weighted by Gasteiger charge is -2.18. The summed E-state index contributed by atoms with van der Waals surface area (Å²) >= 11 is 0. The highest BCUT2D eigenvalue weighted by Gasteiger charge is 2.21. The lowest BCUT2D eigenvalue weighted by atomic mass is 10.1. The average Bonchev–Trinajstić information content (AvgIpc) is 2.60. The van der Waals surface area contributed by atoms with E-state index in [-0.39, 0.29) is 23.8 Å². The number of hydrogen-bond acceptors (Lipinski definition) is 5. The quantitative estimate of drug-likeness (QED) is 0.776. The molecule has 0 aromatic heterocycles. The van der Waals surface area contributed by atoms with Crippen molar-refractivity contribution in [2.45, 2.75) is 6.42 Å². The van der Waals surface area contributed by atoms with Gasteiger partial charge in [-0.2, -0.15) is 0 Å². The Balaban J connectivity index is 2.00. The number of rotatable bonds is 4. The molecule has 0 radical (unpaired) electrons. The van der Waals surface area contributed by atoms with Gasteiger partial charge < -0.3 is 4.74 Å². The van der Waals surface area contributed by atoms with Crippen molar-refractivity contribution in [3.8, 4) is 5.75 Å². The van der Waals surface area contributed by atoms with E-state index in [1.165, 1.54) is 0 Å². The molecule has 1 aromatic carbocycles. The fourth-order valence-corrected chi connectivity index (χ4v) is 3.55. The molecular weight excluding hydrogens is 278 g/mol. The molecule has 1 aliphatic heterocycles. The van der Waals surface area contributed by atoms with Gasteiger partial charge in [0, 0.05) is 12.1 Å². The molecule has 0 unspecified atom stereocenters. The first-order valence-corrected chi connectivity index (χ1v) is 8.42. The van der Waals surface area contributed by atoms with Gasteiger partial charge in [-0.25, -0.2) is 8.42 Å². The summed E-state index contributed by atoms with van der Waals surface area (Å²) in [6.07, 6.45) is 0.591. The van der Waals surface area contributed by atoms with Crippen LogP contribution in [0.25, 0.3) is 0 Å². The van der Waals surface area contributed by atoms with Crippen molar-refractivity contribution < 1.29 is 17.9 Å². The minimum atomic E-state index is -2.94. The zero-order valence-electron chi connectivity index (χ0n) is 11.5. The van der Waals surface area contributed by atoms with E-state index >= 15 is 0 Å². The maximum Gasteiger partial charge on any atom is 0.176 e. The second kappa shape index (κ2) is 6.37. The molecule has 0 amide bonds. The predicted molar refractivity (Wildman–Crippen MR) is 77.0 cm³/mol. The predicted octanol–water partition coefficient (Wildman–Crippen LogP) is 0.998. The van der Waals surface area contributed by atoms with Crippen molar-refractivity contribution in [1.82, 2.24) is 4.90 Å². The highest BCUT2D eigenvalue weighted by Crippen LogP contribution is 2.14. The molecule has 2 rings (SSSR count). The molecule has 0 aliphatic carbocycles. The third kappa shape index (κ3) is 4.05. The molecule has 110 valence electrons. The number of sulfone groups is 1. The van der Waals surface area contributed by atoms with Gasteiger partial charge in [0.25, 0.3) is 0 Å². The third-order valence-corrected chi connectivity index (χ3v) is 5.12. The number of nitrogens with zero attached hydrogens (tertiary/aromatic N) is 1. The summed E-state index contributed by atoms with van der Waals surface area (Å²) in [4.78, 5) is 14.1. The number of ether oxygens (including phenoxy) is 1. The number of Topliss-reactive ketones (excluding diaryl/α,β-unsaturated/α-hetero) is 1. The van der Waals surface area contributed by atoms with E-state index in [9.17, 15) is 13.2 Å². The van der Waals surface area contributed by atoms with Gasteiger partial charge in [-0.1, -0.05) is 12.1 Å². The van der Waals surface area contributed by atoms with Crippen LogP contribution in [0.2, 0.25) is 0 Å². The van der Waals surface area contributed by atoms with Crippen LogP contribution in [-0.4, -0.2) is 57.4 Å². The summed E-state index contributed by atoms with van der Waals surface area (Å²) in [6, 6.07) is 7.02. The van der Waals surface area contributed by atoms with Crippen LogP contribution in [0.4, 0.5) is 0 Å². The standard InChI is InChI=1S/C14H19NO4S/c1-19-13-5-2-4-12(10-13)14(16)11-15-6-3-8-20(17,18)9-7-15/h2,4-5,10H,3,6-9,11H2,1H3. The monoisotopic (exact) mass is 297 g/mol.